The third kappa shape index (κ3) is 3.79. The van der Waals surface area contributed by atoms with Crippen LogP contribution >= 0.6 is 0 Å². The molecule has 1 aromatic heterocycles. The number of carboxylic acids is 1. The third-order valence-corrected chi connectivity index (χ3v) is 3.17. The number of carboxylic acid groups (broad SMARTS) is 1. The largest absolute Gasteiger partial charge is 0.478 e. The highest BCUT2D eigenvalue weighted by atomic mass is 16.4. The van der Waals surface area contributed by atoms with Gasteiger partial charge in [0.1, 0.15) is 5.76 Å². The van der Waals surface area contributed by atoms with Gasteiger partial charge in [-0.1, -0.05) is 5.92 Å². The first-order chi connectivity index (χ1) is 10.7. The van der Waals surface area contributed by atoms with Crippen molar-refractivity contribution in [2.45, 2.75) is 6.54 Å². The van der Waals surface area contributed by atoms with E-state index in [-0.39, 0.29) is 5.56 Å². The van der Waals surface area contributed by atoms with Crippen molar-refractivity contribution in [3.8, 4) is 23.7 Å². The highest BCUT2D eigenvalue weighted by Gasteiger charge is 2.18. The Kier molecular flexibility index (Phi) is 3.96. The lowest BCUT2D eigenvalue weighted by atomic mass is 10.1. The number of nitrogens with zero attached hydrogens (tertiary/aromatic N) is 1. The number of hydrogen-bond donors (Lipinski definition) is 1. The quantitative estimate of drug-likeness (QED) is 0.696. The molecule has 1 aliphatic rings. The zero-order valence-electron chi connectivity index (χ0n) is 11.8. The summed E-state index contributed by atoms with van der Waals surface area (Å²) < 4.78 is 5.58. The van der Waals surface area contributed by atoms with Crippen molar-refractivity contribution in [1.82, 2.24) is 4.90 Å². The zero-order valence-corrected chi connectivity index (χ0v) is 11.8. The fourth-order valence-electron chi connectivity index (χ4n) is 1.87. The number of hydrogen-bond acceptors (Lipinski definition) is 3. The summed E-state index contributed by atoms with van der Waals surface area (Å²) in [6.07, 6.45) is 0. The van der Waals surface area contributed by atoms with Crippen LogP contribution in [0.4, 0.5) is 0 Å². The summed E-state index contributed by atoms with van der Waals surface area (Å²) in [4.78, 5) is 13.0. The average Bonchev–Trinajstić information content (AvgIpc) is 3.21. The molecule has 4 nitrogen and oxygen atoms in total. The summed E-state index contributed by atoms with van der Waals surface area (Å²) in [5.41, 5.74) is 0.965. The number of furan rings is 1. The van der Waals surface area contributed by atoms with Crippen LogP contribution in [0, 0.1) is 23.7 Å². The van der Waals surface area contributed by atoms with E-state index in [1.807, 2.05) is 12.1 Å². The molecule has 1 aromatic carbocycles. The SMILES string of the molecule is O=C(O)c1ccc(C#CC#Cc2ccc(CN3CC3)o2)cc1. The maximum Gasteiger partial charge on any atom is 0.335 e. The van der Waals surface area contributed by atoms with Crippen LogP contribution in [-0.4, -0.2) is 29.1 Å². The topological polar surface area (TPSA) is 53.4 Å². The normalized spacial score (nSPS) is 12.7. The van der Waals surface area contributed by atoms with Crippen molar-refractivity contribution in [3.63, 3.8) is 0 Å². The molecule has 0 amide bonds. The van der Waals surface area contributed by atoms with E-state index in [2.05, 4.69) is 28.6 Å². The molecule has 1 saturated heterocycles. The van der Waals surface area contributed by atoms with Gasteiger partial charge in [-0.25, -0.2) is 4.79 Å². The summed E-state index contributed by atoms with van der Waals surface area (Å²) in [6.45, 7) is 3.10. The van der Waals surface area contributed by atoms with Gasteiger partial charge in [0.15, 0.2) is 5.76 Å². The molecule has 1 aliphatic heterocycles. The molecule has 0 aliphatic carbocycles. The van der Waals surface area contributed by atoms with Crippen LogP contribution in [0.1, 0.15) is 27.4 Å². The number of aromatic carboxylic acids is 1. The number of carbonyl (C=O) groups is 1. The molecule has 0 spiro atoms. The van der Waals surface area contributed by atoms with E-state index in [4.69, 9.17) is 9.52 Å². The lowest BCUT2D eigenvalue weighted by Crippen LogP contribution is -1.94. The molecule has 22 heavy (non-hydrogen) atoms. The summed E-state index contributed by atoms with van der Waals surface area (Å²) in [5.74, 6) is 11.8. The van der Waals surface area contributed by atoms with Gasteiger partial charge < -0.3 is 9.52 Å². The van der Waals surface area contributed by atoms with E-state index in [1.165, 1.54) is 12.1 Å². The summed E-state index contributed by atoms with van der Waals surface area (Å²) >= 11 is 0. The molecular formula is C18H13NO3. The number of rotatable bonds is 3. The fraction of sp³-hybridized carbons (Fsp3) is 0.167. The summed E-state index contributed by atoms with van der Waals surface area (Å²) in [5, 5.41) is 8.80. The third-order valence-electron chi connectivity index (χ3n) is 3.17. The van der Waals surface area contributed by atoms with E-state index in [0.29, 0.717) is 5.76 Å². The van der Waals surface area contributed by atoms with Crippen LogP contribution in [0.2, 0.25) is 0 Å². The van der Waals surface area contributed by atoms with E-state index in [9.17, 15) is 4.79 Å². The summed E-state index contributed by atoms with van der Waals surface area (Å²) in [6, 6.07) is 10.1. The van der Waals surface area contributed by atoms with E-state index < -0.39 is 5.97 Å². The van der Waals surface area contributed by atoms with Gasteiger partial charge in [0.25, 0.3) is 0 Å². The van der Waals surface area contributed by atoms with Crippen LogP contribution in [0.15, 0.2) is 40.8 Å². The van der Waals surface area contributed by atoms with Crippen molar-refractivity contribution in [3.05, 3.63) is 59.0 Å². The Morgan fingerprint density at radius 1 is 1.09 bits per heavy atom. The highest BCUT2D eigenvalue weighted by Crippen LogP contribution is 2.14. The van der Waals surface area contributed by atoms with E-state index >= 15 is 0 Å². The van der Waals surface area contributed by atoms with Gasteiger partial charge in [-0.15, -0.1) is 0 Å². The Hall–Kier alpha value is -2.95. The first kappa shape index (κ1) is 14.0. The van der Waals surface area contributed by atoms with Crippen LogP contribution in [0.3, 0.4) is 0 Å². The van der Waals surface area contributed by atoms with Crippen LogP contribution in [0.5, 0.6) is 0 Å². The highest BCUT2D eigenvalue weighted by molar-refractivity contribution is 5.87. The van der Waals surface area contributed by atoms with Crippen molar-refractivity contribution < 1.29 is 14.3 Å². The molecule has 4 heteroatoms. The molecule has 0 bridgehead atoms. The van der Waals surface area contributed by atoms with Gasteiger partial charge in [-0.2, -0.15) is 0 Å². The molecule has 0 saturated carbocycles. The predicted molar refractivity (Wildman–Crippen MR) is 81.1 cm³/mol. The Bertz CT molecular complexity index is 806. The van der Waals surface area contributed by atoms with Gasteiger partial charge in [0, 0.05) is 18.7 Å². The molecule has 108 valence electrons. The van der Waals surface area contributed by atoms with Crippen LogP contribution in [0.25, 0.3) is 0 Å². The van der Waals surface area contributed by atoms with Crippen LogP contribution in [-0.2, 0) is 6.54 Å². The maximum absolute atomic E-state index is 10.7. The zero-order chi connectivity index (χ0) is 15.4. The first-order valence-corrected chi connectivity index (χ1v) is 6.87. The van der Waals surface area contributed by atoms with Gasteiger partial charge in [-0.05, 0) is 54.2 Å². The molecular weight excluding hydrogens is 278 g/mol. The molecule has 0 radical (unpaired) electrons. The van der Waals surface area contributed by atoms with Gasteiger partial charge in [0.2, 0.25) is 0 Å². The second-order valence-corrected chi connectivity index (χ2v) is 4.92. The van der Waals surface area contributed by atoms with Gasteiger partial charge in [0.05, 0.1) is 12.1 Å². The second kappa shape index (κ2) is 6.22. The molecule has 1 fully saturated rings. The standard InChI is InChI=1S/C18H13NO3/c20-18(21)15-7-5-14(6-8-15)3-1-2-4-16-9-10-17(22-16)13-19-11-12-19/h5-10H,11-13H2,(H,20,21). The monoisotopic (exact) mass is 291 g/mol. The maximum atomic E-state index is 10.7. The van der Waals surface area contributed by atoms with E-state index in [1.54, 1.807) is 12.1 Å². The Morgan fingerprint density at radius 3 is 2.50 bits per heavy atom. The minimum atomic E-state index is -0.949. The van der Waals surface area contributed by atoms with Crippen molar-refractivity contribution >= 4 is 5.97 Å². The minimum absolute atomic E-state index is 0.242. The van der Waals surface area contributed by atoms with Gasteiger partial charge in [-0.3, -0.25) is 4.90 Å². The lowest BCUT2D eigenvalue weighted by Gasteiger charge is -1.93. The van der Waals surface area contributed by atoms with Crippen LogP contribution < -0.4 is 0 Å². The molecule has 2 heterocycles. The summed E-state index contributed by atoms with van der Waals surface area (Å²) in [7, 11) is 0. The van der Waals surface area contributed by atoms with Crippen molar-refractivity contribution in [1.29, 1.82) is 0 Å². The molecule has 0 atom stereocenters. The molecule has 1 N–H and O–H groups in total. The molecule has 2 aromatic rings. The van der Waals surface area contributed by atoms with E-state index in [0.717, 1.165) is 31.0 Å². The van der Waals surface area contributed by atoms with Crippen molar-refractivity contribution in [2.24, 2.45) is 0 Å². The average molecular weight is 291 g/mol. The second-order valence-electron chi connectivity index (χ2n) is 4.92. The van der Waals surface area contributed by atoms with Gasteiger partial charge >= 0.3 is 5.97 Å². The minimum Gasteiger partial charge on any atom is -0.478 e. The Morgan fingerprint density at radius 2 is 1.82 bits per heavy atom. The lowest BCUT2D eigenvalue weighted by molar-refractivity contribution is 0.0697. The Balaban J connectivity index is 1.62. The fourth-order valence-corrected chi connectivity index (χ4v) is 1.87. The van der Waals surface area contributed by atoms with Crippen molar-refractivity contribution in [2.75, 3.05) is 13.1 Å². The smallest absolute Gasteiger partial charge is 0.335 e. The number of benzene rings is 1. The first-order valence-electron chi connectivity index (χ1n) is 6.87. The predicted octanol–water partition coefficient (Wildman–Crippen LogP) is 2.20. The Labute approximate surface area is 128 Å². The molecule has 3 rings (SSSR count). The molecule has 0 unspecified atom stereocenters.